The molecule has 0 N–H and O–H groups in total. The summed E-state index contributed by atoms with van der Waals surface area (Å²) in [4.78, 5) is 14.3. The molecule has 1 aromatic heterocycles. The Morgan fingerprint density at radius 3 is 2.48 bits per heavy atom. The zero-order valence-electron chi connectivity index (χ0n) is 16.7. The van der Waals surface area contributed by atoms with Crippen LogP contribution in [-0.4, -0.2) is 17.7 Å². The summed E-state index contributed by atoms with van der Waals surface area (Å²) < 4.78 is 43.5. The average Bonchev–Trinajstić information content (AvgIpc) is 3.01. The molecule has 1 aliphatic heterocycles. The Morgan fingerprint density at radius 1 is 1.07 bits per heavy atom. The van der Waals surface area contributed by atoms with Crippen molar-refractivity contribution in [2.45, 2.75) is 33.4 Å². The van der Waals surface area contributed by atoms with E-state index in [1.54, 1.807) is 31.2 Å². The van der Waals surface area contributed by atoms with Crippen molar-refractivity contribution >= 4 is 16.6 Å². The third-order valence-corrected chi connectivity index (χ3v) is 5.72. The quantitative estimate of drug-likeness (QED) is 0.563. The highest BCUT2D eigenvalue weighted by atomic mass is 19.4. The number of anilines is 1. The van der Waals surface area contributed by atoms with Gasteiger partial charge in [-0.25, -0.2) is 0 Å². The van der Waals surface area contributed by atoms with Gasteiger partial charge in [0.15, 0.2) is 5.43 Å². The van der Waals surface area contributed by atoms with Crippen molar-refractivity contribution in [1.82, 2.24) is 4.57 Å². The summed E-state index contributed by atoms with van der Waals surface area (Å²) in [7, 11) is 0. The Balaban J connectivity index is 1.91. The molecule has 0 spiro atoms. The molecule has 1 saturated heterocycles. The summed E-state index contributed by atoms with van der Waals surface area (Å²) in [5, 5.41) is 0.438. The molecule has 0 unspecified atom stereocenters. The molecule has 1 fully saturated rings. The van der Waals surface area contributed by atoms with Gasteiger partial charge in [0.1, 0.15) is 0 Å². The first-order valence-electron chi connectivity index (χ1n) is 9.64. The Hall–Kier alpha value is -2.76. The molecule has 2 heterocycles. The van der Waals surface area contributed by atoms with Crippen LogP contribution in [-0.2, 0) is 6.18 Å². The summed E-state index contributed by atoms with van der Waals surface area (Å²) in [6, 6.07) is 11.0. The molecule has 0 saturated carbocycles. The van der Waals surface area contributed by atoms with E-state index in [1.807, 2.05) is 4.90 Å². The van der Waals surface area contributed by atoms with Gasteiger partial charge in [-0.2, -0.15) is 13.2 Å². The van der Waals surface area contributed by atoms with Gasteiger partial charge >= 0.3 is 6.18 Å². The molecular formula is C23H23F3N2O. The molecule has 29 heavy (non-hydrogen) atoms. The minimum Gasteiger partial charge on any atom is -0.371 e. The van der Waals surface area contributed by atoms with Crippen LogP contribution in [0, 0.1) is 12.3 Å². The minimum atomic E-state index is -4.51. The van der Waals surface area contributed by atoms with Gasteiger partial charge in [0.05, 0.1) is 16.8 Å². The van der Waals surface area contributed by atoms with Crippen LogP contribution in [0.1, 0.15) is 31.4 Å². The maximum absolute atomic E-state index is 14.0. The molecule has 3 nitrogen and oxygen atoms in total. The highest BCUT2D eigenvalue weighted by Gasteiger charge is 2.36. The van der Waals surface area contributed by atoms with Crippen molar-refractivity contribution in [3.05, 3.63) is 70.0 Å². The lowest BCUT2D eigenvalue weighted by Gasteiger charge is -2.24. The van der Waals surface area contributed by atoms with Gasteiger partial charge in [-0.3, -0.25) is 4.79 Å². The van der Waals surface area contributed by atoms with Crippen molar-refractivity contribution in [3.63, 3.8) is 0 Å². The van der Waals surface area contributed by atoms with E-state index in [2.05, 4.69) is 13.8 Å². The number of hydrogen-bond donors (Lipinski definition) is 0. The topological polar surface area (TPSA) is 25.2 Å². The number of hydrogen-bond acceptors (Lipinski definition) is 2. The third-order valence-electron chi connectivity index (χ3n) is 5.72. The molecule has 1 aliphatic rings. The molecule has 6 heteroatoms. The second kappa shape index (κ2) is 6.65. The van der Waals surface area contributed by atoms with Crippen molar-refractivity contribution in [2.75, 3.05) is 18.0 Å². The van der Waals surface area contributed by atoms with E-state index in [0.717, 1.165) is 25.1 Å². The second-order valence-electron chi connectivity index (χ2n) is 8.55. The van der Waals surface area contributed by atoms with Crippen molar-refractivity contribution in [2.24, 2.45) is 5.41 Å². The van der Waals surface area contributed by atoms with Gasteiger partial charge in [0.25, 0.3) is 0 Å². The Bertz CT molecular complexity index is 1150. The molecular weight excluding hydrogens is 377 g/mol. The van der Waals surface area contributed by atoms with Crippen LogP contribution in [0.25, 0.3) is 16.6 Å². The largest absolute Gasteiger partial charge is 0.418 e. The van der Waals surface area contributed by atoms with Crippen LogP contribution in [0.2, 0.25) is 0 Å². The van der Waals surface area contributed by atoms with Gasteiger partial charge in [0, 0.05) is 36.4 Å². The second-order valence-corrected chi connectivity index (χ2v) is 8.55. The molecule has 0 amide bonds. The third kappa shape index (κ3) is 3.52. The van der Waals surface area contributed by atoms with Gasteiger partial charge in [-0.05, 0) is 48.6 Å². The smallest absolute Gasteiger partial charge is 0.371 e. The maximum atomic E-state index is 14.0. The van der Waals surface area contributed by atoms with Gasteiger partial charge in [0.2, 0.25) is 0 Å². The minimum absolute atomic E-state index is 0.0234. The number of halogens is 3. The fourth-order valence-electron chi connectivity index (χ4n) is 4.18. The first-order chi connectivity index (χ1) is 13.6. The summed E-state index contributed by atoms with van der Waals surface area (Å²) in [5.41, 5.74) is 1.00. The first-order valence-corrected chi connectivity index (χ1v) is 9.64. The highest BCUT2D eigenvalue weighted by molar-refractivity contribution is 5.84. The summed E-state index contributed by atoms with van der Waals surface area (Å²) >= 11 is 0. The van der Waals surface area contributed by atoms with E-state index >= 15 is 0 Å². The lowest BCUT2D eigenvalue weighted by molar-refractivity contribution is -0.137. The summed E-state index contributed by atoms with van der Waals surface area (Å²) in [5.74, 6) is 0. The van der Waals surface area contributed by atoms with Crippen molar-refractivity contribution < 1.29 is 13.2 Å². The number of rotatable bonds is 2. The normalized spacial score (nSPS) is 16.6. The number of aromatic nitrogens is 1. The predicted octanol–water partition coefficient (Wildman–Crippen LogP) is 5.55. The van der Waals surface area contributed by atoms with Crippen LogP contribution in [0.5, 0.6) is 0 Å². The lowest BCUT2D eigenvalue weighted by atomic mass is 9.93. The number of fused-ring (bicyclic) bond motifs is 1. The lowest BCUT2D eigenvalue weighted by Crippen LogP contribution is -2.23. The van der Waals surface area contributed by atoms with Crippen LogP contribution >= 0.6 is 0 Å². The van der Waals surface area contributed by atoms with E-state index < -0.39 is 11.7 Å². The van der Waals surface area contributed by atoms with E-state index in [1.165, 1.54) is 29.0 Å². The summed E-state index contributed by atoms with van der Waals surface area (Å²) in [6.45, 7) is 7.51. The number of aryl methyl sites for hydroxylation is 1. The molecule has 0 aliphatic carbocycles. The fraction of sp³-hybridized carbons (Fsp3) is 0.348. The van der Waals surface area contributed by atoms with Crippen LogP contribution in [0.15, 0.2) is 53.5 Å². The first kappa shape index (κ1) is 19.6. The average molecular weight is 400 g/mol. The monoisotopic (exact) mass is 400 g/mol. The SMILES string of the molecule is Cc1cccc2c1c(=O)ccn2-c1ccc(N2CCC(C)(C)C2)cc1C(F)(F)F. The molecule has 2 aromatic carbocycles. The maximum Gasteiger partial charge on any atom is 0.418 e. The Kier molecular flexibility index (Phi) is 4.48. The predicted molar refractivity (Wildman–Crippen MR) is 110 cm³/mol. The van der Waals surface area contributed by atoms with Gasteiger partial charge < -0.3 is 9.47 Å². The zero-order chi connectivity index (χ0) is 21.0. The van der Waals surface area contributed by atoms with Crippen LogP contribution in [0.3, 0.4) is 0 Å². The molecule has 0 radical (unpaired) electrons. The van der Waals surface area contributed by atoms with Crippen molar-refractivity contribution in [3.8, 4) is 5.69 Å². The summed E-state index contributed by atoms with van der Waals surface area (Å²) in [6.07, 6.45) is -2.15. The van der Waals surface area contributed by atoms with E-state index in [-0.39, 0.29) is 16.5 Å². The van der Waals surface area contributed by atoms with Gasteiger partial charge in [-0.1, -0.05) is 26.0 Å². The molecule has 0 bridgehead atoms. The molecule has 152 valence electrons. The van der Waals surface area contributed by atoms with E-state index in [9.17, 15) is 18.0 Å². The van der Waals surface area contributed by atoms with E-state index in [0.29, 0.717) is 16.6 Å². The number of pyridine rings is 1. The number of alkyl halides is 3. The van der Waals surface area contributed by atoms with Crippen molar-refractivity contribution in [1.29, 1.82) is 0 Å². The standard InChI is InChI=1S/C23H23F3N2O/c1-15-5-4-6-19-21(15)20(29)9-11-28(19)18-8-7-16(13-17(18)23(24,25)26)27-12-10-22(2,3)14-27/h4-9,11,13H,10,12,14H2,1-3H3. The molecule has 4 rings (SSSR count). The number of benzene rings is 2. The molecule has 0 atom stereocenters. The van der Waals surface area contributed by atoms with Crippen LogP contribution < -0.4 is 10.3 Å². The zero-order valence-corrected chi connectivity index (χ0v) is 16.7. The number of nitrogens with zero attached hydrogens (tertiary/aromatic N) is 2. The molecule has 3 aromatic rings. The Labute approximate surface area is 167 Å². The van der Waals surface area contributed by atoms with Crippen LogP contribution in [0.4, 0.5) is 18.9 Å². The highest BCUT2D eigenvalue weighted by Crippen LogP contribution is 2.39. The van der Waals surface area contributed by atoms with Gasteiger partial charge in [-0.15, -0.1) is 0 Å². The Morgan fingerprint density at radius 2 is 1.83 bits per heavy atom. The van der Waals surface area contributed by atoms with E-state index in [4.69, 9.17) is 0 Å². The fourth-order valence-corrected chi connectivity index (χ4v) is 4.18.